The van der Waals surface area contributed by atoms with Crippen LogP contribution in [0, 0.1) is 0 Å². The number of fused-ring (bicyclic) bond motifs is 1. The SMILES string of the molecule is O=C(/C=C/c1ccc2c(c1)OCO2)NC(=O)c1ccccc1O. The number of phenols is 1. The van der Waals surface area contributed by atoms with Gasteiger partial charge in [-0.15, -0.1) is 0 Å². The molecule has 3 rings (SSSR count). The van der Waals surface area contributed by atoms with Gasteiger partial charge in [-0.3, -0.25) is 14.9 Å². The minimum atomic E-state index is -0.663. The lowest BCUT2D eigenvalue weighted by molar-refractivity contribution is -0.115. The van der Waals surface area contributed by atoms with Crippen molar-refractivity contribution in [2.45, 2.75) is 0 Å². The van der Waals surface area contributed by atoms with Crippen molar-refractivity contribution in [3.63, 3.8) is 0 Å². The van der Waals surface area contributed by atoms with E-state index in [1.807, 2.05) is 0 Å². The van der Waals surface area contributed by atoms with Gasteiger partial charge in [-0.25, -0.2) is 0 Å². The molecule has 1 aliphatic rings. The van der Waals surface area contributed by atoms with E-state index in [0.29, 0.717) is 11.5 Å². The summed E-state index contributed by atoms with van der Waals surface area (Å²) in [4.78, 5) is 23.7. The standard InChI is InChI=1S/C17H13NO5/c19-13-4-2-1-3-12(13)17(21)18-16(20)8-6-11-5-7-14-15(9-11)23-10-22-14/h1-9,19H,10H2,(H,18,20,21)/b8-6+. The van der Waals surface area contributed by atoms with Crippen molar-refractivity contribution in [2.75, 3.05) is 6.79 Å². The lowest BCUT2D eigenvalue weighted by atomic mass is 10.1. The molecule has 2 aromatic rings. The lowest BCUT2D eigenvalue weighted by Gasteiger charge is -2.03. The van der Waals surface area contributed by atoms with Crippen molar-refractivity contribution in [1.82, 2.24) is 5.32 Å². The molecule has 0 saturated heterocycles. The van der Waals surface area contributed by atoms with Crippen molar-refractivity contribution in [3.05, 3.63) is 59.7 Å². The van der Waals surface area contributed by atoms with Crippen molar-refractivity contribution in [1.29, 1.82) is 0 Å². The predicted molar refractivity (Wildman–Crippen MR) is 82.2 cm³/mol. The fraction of sp³-hybridized carbons (Fsp3) is 0.0588. The summed E-state index contributed by atoms with van der Waals surface area (Å²) < 4.78 is 10.4. The lowest BCUT2D eigenvalue weighted by Crippen LogP contribution is -2.28. The molecule has 1 aliphatic heterocycles. The molecule has 2 aromatic carbocycles. The predicted octanol–water partition coefficient (Wildman–Crippen LogP) is 2.09. The molecule has 116 valence electrons. The number of hydrogen-bond donors (Lipinski definition) is 2. The van der Waals surface area contributed by atoms with Crippen LogP contribution in [-0.4, -0.2) is 23.7 Å². The molecule has 0 radical (unpaired) electrons. The molecule has 6 nitrogen and oxygen atoms in total. The fourth-order valence-corrected chi connectivity index (χ4v) is 2.08. The molecule has 1 heterocycles. The van der Waals surface area contributed by atoms with E-state index in [2.05, 4.69) is 5.32 Å². The third-order valence-electron chi connectivity index (χ3n) is 3.21. The molecule has 6 heteroatoms. The Balaban J connectivity index is 1.65. The van der Waals surface area contributed by atoms with Crippen LogP contribution in [0.1, 0.15) is 15.9 Å². The molecular formula is C17H13NO5. The van der Waals surface area contributed by atoms with E-state index >= 15 is 0 Å². The Hall–Kier alpha value is -3.28. The topological polar surface area (TPSA) is 84.9 Å². The highest BCUT2D eigenvalue weighted by atomic mass is 16.7. The van der Waals surface area contributed by atoms with Crippen LogP contribution in [0.4, 0.5) is 0 Å². The first kappa shape index (κ1) is 14.6. The van der Waals surface area contributed by atoms with Crippen molar-refractivity contribution >= 4 is 17.9 Å². The monoisotopic (exact) mass is 311 g/mol. The summed E-state index contributed by atoms with van der Waals surface area (Å²) in [5, 5.41) is 11.8. The molecule has 0 unspecified atom stereocenters. The smallest absolute Gasteiger partial charge is 0.261 e. The summed E-state index contributed by atoms with van der Waals surface area (Å²) in [5.74, 6) is -0.170. The molecule has 23 heavy (non-hydrogen) atoms. The van der Waals surface area contributed by atoms with E-state index in [9.17, 15) is 14.7 Å². The van der Waals surface area contributed by atoms with Crippen LogP contribution < -0.4 is 14.8 Å². The fourth-order valence-electron chi connectivity index (χ4n) is 2.08. The van der Waals surface area contributed by atoms with E-state index in [1.54, 1.807) is 36.4 Å². The highest BCUT2D eigenvalue weighted by Crippen LogP contribution is 2.32. The summed E-state index contributed by atoms with van der Waals surface area (Å²) >= 11 is 0. The Bertz CT molecular complexity index is 797. The van der Waals surface area contributed by atoms with Gasteiger partial charge in [-0.2, -0.15) is 0 Å². The molecule has 0 bridgehead atoms. The Morgan fingerprint density at radius 3 is 2.70 bits per heavy atom. The van der Waals surface area contributed by atoms with Crippen LogP contribution in [0.2, 0.25) is 0 Å². The number of imide groups is 1. The molecular weight excluding hydrogens is 298 g/mol. The van der Waals surface area contributed by atoms with Crippen LogP contribution in [-0.2, 0) is 4.79 Å². The molecule has 0 spiro atoms. The average Bonchev–Trinajstić information content (AvgIpc) is 3.01. The number of benzene rings is 2. The number of ether oxygens (including phenoxy) is 2. The first-order chi connectivity index (χ1) is 11.1. The summed E-state index contributed by atoms with van der Waals surface area (Å²) in [5.41, 5.74) is 0.775. The van der Waals surface area contributed by atoms with Gasteiger partial charge in [-0.05, 0) is 35.9 Å². The second-order valence-corrected chi connectivity index (χ2v) is 4.78. The number of carbonyl (C=O) groups is 2. The Kier molecular flexibility index (Phi) is 3.97. The van der Waals surface area contributed by atoms with Gasteiger partial charge in [0.25, 0.3) is 11.8 Å². The Morgan fingerprint density at radius 2 is 1.87 bits per heavy atom. The molecule has 0 saturated carbocycles. The first-order valence-corrected chi connectivity index (χ1v) is 6.84. The van der Waals surface area contributed by atoms with Crippen LogP contribution in [0.5, 0.6) is 17.2 Å². The van der Waals surface area contributed by atoms with Crippen molar-refractivity contribution in [3.8, 4) is 17.2 Å². The maximum absolute atomic E-state index is 11.9. The highest BCUT2D eigenvalue weighted by Gasteiger charge is 2.13. The van der Waals surface area contributed by atoms with Crippen LogP contribution in [0.15, 0.2) is 48.5 Å². The molecule has 2 N–H and O–H groups in total. The Labute approximate surface area is 132 Å². The normalized spacial score (nSPS) is 12.3. The van der Waals surface area contributed by atoms with Gasteiger partial charge in [0.05, 0.1) is 5.56 Å². The molecule has 0 aliphatic carbocycles. The summed E-state index contributed by atoms with van der Waals surface area (Å²) in [6.45, 7) is 0.179. The molecule has 0 fully saturated rings. The van der Waals surface area contributed by atoms with Gasteiger partial charge in [0, 0.05) is 6.08 Å². The summed E-state index contributed by atoms with van der Waals surface area (Å²) in [6.07, 6.45) is 2.78. The first-order valence-electron chi connectivity index (χ1n) is 6.84. The highest BCUT2D eigenvalue weighted by molar-refractivity contribution is 6.10. The number of hydrogen-bond acceptors (Lipinski definition) is 5. The van der Waals surface area contributed by atoms with E-state index in [4.69, 9.17) is 9.47 Å². The van der Waals surface area contributed by atoms with E-state index in [1.165, 1.54) is 18.2 Å². The van der Waals surface area contributed by atoms with Crippen molar-refractivity contribution in [2.24, 2.45) is 0 Å². The number of rotatable bonds is 3. The van der Waals surface area contributed by atoms with E-state index in [-0.39, 0.29) is 18.1 Å². The average molecular weight is 311 g/mol. The van der Waals surface area contributed by atoms with Gasteiger partial charge in [0.2, 0.25) is 6.79 Å². The van der Waals surface area contributed by atoms with E-state index in [0.717, 1.165) is 5.56 Å². The third kappa shape index (κ3) is 3.32. The number of para-hydroxylation sites is 1. The quantitative estimate of drug-likeness (QED) is 0.848. The van der Waals surface area contributed by atoms with Gasteiger partial charge < -0.3 is 14.6 Å². The zero-order chi connectivity index (χ0) is 16.2. The summed E-state index contributed by atoms with van der Waals surface area (Å²) in [6, 6.07) is 11.2. The largest absolute Gasteiger partial charge is 0.507 e. The minimum Gasteiger partial charge on any atom is -0.507 e. The molecule has 2 amide bonds. The van der Waals surface area contributed by atoms with Crippen LogP contribution in [0.25, 0.3) is 6.08 Å². The zero-order valence-electron chi connectivity index (χ0n) is 12.0. The van der Waals surface area contributed by atoms with Crippen LogP contribution in [0.3, 0.4) is 0 Å². The number of nitrogens with one attached hydrogen (secondary N) is 1. The second kappa shape index (κ2) is 6.23. The maximum atomic E-state index is 11.9. The van der Waals surface area contributed by atoms with Gasteiger partial charge in [0.15, 0.2) is 11.5 Å². The minimum absolute atomic E-state index is 0.0392. The zero-order valence-corrected chi connectivity index (χ0v) is 12.0. The number of carbonyl (C=O) groups excluding carboxylic acids is 2. The number of aromatic hydroxyl groups is 1. The molecule has 0 aromatic heterocycles. The number of phenolic OH excluding ortho intramolecular Hbond substituents is 1. The Morgan fingerprint density at radius 1 is 1.09 bits per heavy atom. The van der Waals surface area contributed by atoms with Crippen LogP contribution >= 0.6 is 0 Å². The van der Waals surface area contributed by atoms with Crippen molar-refractivity contribution < 1.29 is 24.2 Å². The van der Waals surface area contributed by atoms with Gasteiger partial charge in [0.1, 0.15) is 5.75 Å². The van der Waals surface area contributed by atoms with Gasteiger partial charge in [-0.1, -0.05) is 18.2 Å². The van der Waals surface area contributed by atoms with Gasteiger partial charge >= 0.3 is 0 Å². The third-order valence-corrected chi connectivity index (χ3v) is 3.21. The second-order valence-electron chi connectivity index (χ2n) is 4.78. The number of amides is 2. The van der Waals surface area contributed by atoms with E-state index < -0.39 is 11.8 Å². The summed E-state index contributed by atoms with van der Waals surface area (Å²) in [7, 11) is 0. The molecule has 0 atom stereocenters. The maximum Gasteiger partial charge on any atom is 0.261 e.